The number of thiocarbonyl (C=S) groups is 1. The van der Waals surface area contributed by atoms with Gasteiger partial charge in [0, 0.05) is 19.0 Å². The molecule has 5 rings (SSSR count). The molecular formula is C19H18N6S2. The number of aromatic nitrogens is 4. The van der Waals surface area contributed by atoms with E-state index in [1.165, 1.54) is 11.7 Å². The maximum Gasteiger partial charge on any atom is 0.173 e. The van der Waals surface area contributed by atoms with Crippen LogP contribution in [0.3, 0.4) is 0 Å². The van der Waals surface area contributed by atoms with Crippen LogP contribution < -0.4 is 5.32 Å². The molecule has 1 fully saturated rings. The number of aromatic amines is 1. The first kappa shape index (κ1) is 16.6. The Morgan fingerprint density at radius 3 is 2.96 bits per heavy atom. The molecule has 2 aromatic carbocycles. The second-order valence-corrected chi connectivity index (χ2v) is 7.71. The second-order valence-electron chi connectivity index (χ2n) is 6.79. The van der Waals surface area contributed by atoms with E-state index in [1.807, 2.05) is 36.4 Å². The third kappa shape index (κ3) is 3.15. The van der Waals surface area contributed by atoms with Crippen molar-refractivity contribution >= 4 is 56.8 Å². The number of hydrogen-bond donors (Lipinski definition) is 2. The number of imidazole rings is 1. The van der Waals surface area contributed by atoms with Gasteiger partial charge in [0.15, 0.2) is 5.11 Å². The molecule has 136 valence electrons. The summed E-state index contributed by atoms with van der Waals surface area (Å²) in [5.74, 6) is 1.40. The molecule has 6 nitrogen and oxygen atoms in total. The van der Waals surface area contributed by atoms with Gasteiger partial charge in [-0.05, 0) is 49.3 Å². The van der Waals surface area contributed by atoms with E-state index >= 15 is 0 Å². The van der Waals surface area contributed by atoms with Crippen molar-refractivity contribution in [3.05, 3.63) is 48.3 Å². The van der Waals surface area contributed by atoms with E-state index in [0.717, 1.165) is 64.6 Å². The zero-order valence-corrected chi connectivity index (χ0v) is 16.2. The largest absolute Gasteiger partial charge is 0.348 e. The molecule has 1 saturated heterocycles. The van der Waals surface area contributed by atoms with Gasteiger partial charge in [-0.1, -0.05) is 18.2 Å². The van der Waals surface area contributed by atoms with Crippen molar-refractivity contribution < 1.29 is 0 Å². The Kier molecular flexibility index (Phi) is 4.21. The number of anilines is 1. The summed E-state index contributed by atoms with van der Waals surface area (Å²) in [5, 5.41) is 4.10. The molecule has 0 saturated carbocycles. The van der Waals surface area contributed by atoms with Gasteiger partial charge in [-0.15, -0.1) is 0 Å². The van der Waals surface area contributed by atoms with Crippen molar-refractivity contribution in [2.24, 2.45) is 0 Å². The molecule has 0 amide bonds. The van der Waals surface area contributed by atoms with Gasteiger partial charge in [-0.3, -0.25) is 0 Å². The predicted octanol–water partition coefficient (Wildman–Crippen LogP) is 4.14. The molecular weight excluding hydrogens is 376 g/mol. The first-order valence-electron chi connectivity index (χ1n) is 9.00. The quantitative estimate of drug-likeness (QED) is 0.498. The summed E-state index contributed by atoms with van der Waals surface area (Å²) in [4.78, 5) is 10.5. The molecule has 4 aromatic rings. The minimum absolute atomic E-state index is 0.350. The first-order valence-corrected chi connectivity index (χ1v) is 10.1. The molecule has 27 heavy (non-hydrogen) atoms. The third-order valence-electron chi connectivity index (χ3n) is 5.03. The van der Waals surface area contributed by atoms with Crippen LogP contribution in [0.5, 0.6) is 0 Å². The van der Waals surface area contributed by atoms with E-state index in [1.54, 1.807) is 0 Å². The van der Waals surface area contributed by atoms with E-state index in [2.05, 4.69) is 30.0 Å². The monoisotopic (exact) mass is 394 g/mol. The van der Waals surface area contributed by atoms with Crippen LogP contribution in [-0.4, -0.2) is 41.8 Å². The zero-order valence-electron chi connectivity index (χ0n) is 14.6. The number of rotatable bonds is 2. The van der Waals surface area contributed by atoms with Gasteiger partial charge >= 0.3 is 0 Å². The van der Waals surface area contributed by atoms with Gasteiger partial charge in [-0.25, -0.2) is 4.98 Å². The van der Waals surface area contributed by atoms with E-state index in [-0.39, 0.29) is 0 Å². The van der Waals surface area contributed by atoms with Crippen molar-refractivity contribution in [1.82, 2.24) is 23.6 Å². The standard InChI is InChI=1S/C19H18N6S2/c26-19(22-15-8-3-9-16-17(15)24-27-23-16)25-10-4-5-12(11-25)18-20-13-6-1-2-7-14(13)21-18/h1-3,6-9,12H,4-5,10-11H2,(H,20,21)(H,22,26). The SMILES string of the molecule is S=C(Nc1cccc2nsnc12)N1CCCC(c2nc3ccccc3[nH]2)C1. The molecule has 8 heteroatoms. The second kappa shape index (κ2) is 6.86. The van der Waals surface area contributed by atoms with Crippen LogP contribution in [0.15, 0.2) is 42.5 Å². The highest BCUT2D eigenvalue weighted by Crippen LogP contribution is 2.28. The summed E-state index contributed by atoms with van der Waals surface area (Å²) in [6.07, 6.45) is 2.20. The van der Waals surface area contributed by atoms with Crippen LogP contribution in [0, 0.1) is 0 Å². The summed E-state index contributed by atoms with van der Waals surface area (Å²) in [6.45, 7) is 1.81. The zero-order chi connectivity index (χ0) is 18.2. The highest BCUT2D eigenvalue weighted by molar-refractivity contribution is 7.80. The Bertz CT molecular complexity index is 1080. The van der Waals surface area contributed by atoms with Crippen LogP contribution in [-0.2, 0) is 0 Å². The average Bonchev–Trinajstić information content (AvgIpc) is 3.35. The summed E-state index contributed by atoms with van der Waals surface area (Å²) in [7, 11) is 0. The van der Waals surface area contributed by atoms with Crippen LogP contribution in [0.25, 0.3) is 22.1 Å². The Morgan fingerprint density at radius 1 is 1.15 bits per heavy atom. The normalized spacial score (nSPS) is 17.5. The molecule has 2 aromatic heterocycles. The number of nitrogens with one attached hydrogen (secondary N) is 2. The third-order valence-corrected chi connectivity index (χ3v) is 5.93. The fraction of sp³-hybridized carbons (Fsp3) is 0.263. The molecule has 0 aliphatic carbocycles. The number of piperidine rings is 1. The topological polar surface area (TPSA) is 69.7 Å². The number of para-hydroxylation sites is 2. The fourth-order valence-electron chi connectivity index (χ4n) is 3.65. The van der Waals surface area contributed by atoms with Gasteiger partial charge in [0.05, 0.1) is 28.4 Å². The molecule has 0 spiro atoms. The van der Waals surface area contributed by atoms with Crippen molar-refractivity contribution in [3.63, 3.8) is 0 Å². The van der Waals surface area contributed by atoms with Gasteiger partial charge in [0.25, 0.3) is 0 Å². The summed E-state index contributed by atoms with van der Waals surface area (Å²) in [6, 6.07) is 14.1. The van der Waals surface area contributed by atoms with E-state index < -0.39 is 0 Å². The number of likely N-dealkylation sites (tertiary alicyclic amines) is 1. The minimum Gasteiger partial charge on any atom is -0.348 e. The smallest absolute Gasteiger partial charge is 0.173 e. The van der Waals surface area contributed by atoms with Crippen LogP contribution in [0.1, 0.15) is 24.6 Å². The van der Waals surface area contributed by atoms with Crippen LogP contribution in [0.2, 0.25) is 0 Å². The molecule has 3 heterocycles. The number of benzene rings is 2. The lowest BCUT2D eigenvalue weighted by Gasteiger charge is -2.33. The Morgan fingerprint density at radius 2 is 2.04 bits per heavy atom. The van der Waals surface area contributed by atoms with Crippen molar-refractivity contribution in [2.75, 3.05) is 18.4 Å². The number of nitrogens with zero attached hydrogens (tertiary/aromatic N) is 4. The Balaban J connectivity index is 1.34. The molecule has 1 atom stereocenters. The predicted molar refractivity (Wildman–Crippen MR) is 113 cm³/mol. The highest BCUT2D eigenvalue weighted by Gasteiger charge is 2.25. The maximum absolute atomic E-state index is 5.70. The van der Waals surface area contributed by atoms with Crippen molar-refractivity contribution in [2.45, 2.75) is 18.8 Å². The Labute approximate surface area is 165 Å². The first-order chi connectivity index (χ1) is 13.3. The van der Waals surface area contributed by atoms with Gasteiger partial charge in [0.2, 0.25) is 0 Å². The van der Waals surface area contributed by atoms with Gasteiger partial charge < -0.3 is 15.2 Å². The molecule has 1 unspecified atom stereocenters. The minimum atomic E-state index is 0.350. The van der Waals surface area contributed by atoms with Gasteiger partial charge in [-0.2, -0.15) is 8.75 Å². The fourth-order valence-corrected chi connectivity index (χ4v) is 4.48. The molecule has 0 radical (unpaired) electrons. The molecule has 2 N–H and O–H groups in total. The molecule has 0 bridgehead atoms. The lowest BCUT2D eigenvalue weighted by Crippen LogP contribution is -2.41. The number of fused-ring (bicyclic) bond motifs is 2. The molecule has 1 aliphatic heterocycles. The van der Waals surface area contributed by atoms with E-state index in [4.69, 9.17) is 17.2 Å². The van der Waals surface area contributed by atoms with Crippen LogP contribution in [0.4, 0.5) is 5.69 Å². The Hall–Kier alpha value is -2.58. The summed E-state index contributed by atoms with van der Waals surface area (Å²) >= 11 is 6.92. The lowest BCUT2D eigenvalue weighted by atomic mass is 9.98. The van der Waals surface area contributed by atoms with E-state index in [9.17, 15) is 0 Å². The maximum atomic E-state index is 5.70. The number of H-pyrrole nitrogens is 1. The average molecular weight is 395 g/mol. The molecule has 1 aliphatic rings. The summed E-state index contributed by atoms with van der Waals surface area (Å²) in [5.41, 5.74) is 4.79. The number of hydrogen-bond acceptors (Lipinski definition) is 5. The van der Waals surface area contributed by atoms with Crippen molar-refractivity contribution in [3.8, 4) is 0 Å². The van der Waals surface area contributed by atoms with Crippen molar-refractivity contribution in [1.29, 1.82) is 0 Å². The van der Waals surface area contributed by atoms with E-state index in [0.29, 0.717) is 5.92 Å². The summed E-state index contributed by atoms with van der Waals surface area (Å²) < 4.78 is 8.67. The van der Waals surface area contributed by atoms with Crippen LogP contribution >= 0.6 is 23.9 Å². The highest BCUT2D eigenvalue weighted by atomic mass is 32.1. The lowest BCUT2D eigenvalue weighted by molar-refractivity contribution is 0.307. The van der Waals surface area contributed by atoms with Gasteiger partial charge in [0.1, 0.15) is 16.9 Å².